The molecule has 1 saturated heterocycles. The summed E-state index contributed by atoms with van der Waals surface area (Å²) in [6.45, 7) is 4.47. The molecule has 8 nitrogen and oxygen atoms in total. The molecule has 4 rings (SSSR count). The third-order valence-electron chi connectivity index (χ3n) is 5.26. The van der Waals surface area contributed by atoms with Crippen LogP contribution >= 0.6 is 11.8 Å². The molecule has 0 saturated carbocycles. The van der Waals surface area contributed by atoms with Crippen molar-refractivity contribution in [1.82, 2.24) is 25.0 Å². The first kappa shape index (κ1) is 22.5. The Morgan fingerprint density at radius 1 is 1.12 bits per heavy atom. The Hall–Kier alpha value is -3.72. The van der Waals surface area contributed by atoms with E-state index in [0.717, 1.165) is 33.5 Å². The number of thioether (sulfide) groups is 1. The molecule has 168 valence electrons. The van der Waals surface area contributed by atoms with Crippen molar-refractivity contribution >= 4 is 34.9 Å². The quantitative estimate of drug-likeness (QED) is 0.542. The van der Waals surface area contributed by atoms with Crippen molar-refractivity contribution in [2.75, 3.05) is 13.1 Å². The Labute approximate surface area is 195 Å². The molecule has 9 heteroatoms. The van der Waals surface area contributed by atoms with E-state index >= 15 is 0 Å². The van der Waals surface area contributed by atoms with Crippen molar-refractivity contribution in [2.45, 2.75) is 20.4 Å². The summed E-state index contributed by atoms with van der Waals surface area (Å²) in [4.78, 5) is 43.2. The van der Waals surface area contributed by atoms with Crippen molar-refractivity contribution in [3.8, 4) is 0 Å². The van der Waals surface area contributed by atoms with Gasteiger partial charge < -0.3 is 5.32 Å². The number of carbonyl (C=O) groups excluding carboxylic acids is 3. The Bertz CT molecular complexity index is 1220. The lowest BCUT2D eigenvalue weighted by molar-refractivity contribution is -0.122. The predicted molar refractivity (Wildman–Crippen MR) is 126 cm³/mol. The summed E-state index contributed by atoms with van der Waals surface area (Å²) < 4.78 is 1.80. The number of nitrogens with one attached hydrogen (secondary N) is 1. The summed E-state index contributed by atoms with van der Waals surface area (Å²) in [6, 6.07) is 13.5. The van der Waals surface area contributed by atoms with Gasteiger partial charge in [-0.15, -0.1) is 0 Å². The van der Waals surface area contributed by atoms with Gasteiger partial charge in [-0.05, 0) is 48.9 Å². The highest BCUT2D eigenvalue weighted by Gasteiger charge is 2.34. The number of hydrogen-bond donors (Lipinski definition) is 1. The second kappa shape index (κ2) is 9.83. The van der Waals surface area contributed by atoms with Gasteiger partial charge in [0.15, 0.2) is 0 Å². The average Bonchev–Trinajstić information content (AvgIpc) is 3.23. The molecular weight excluding hydrogens is 438 g/mol. The van der Waals surface area contributed by atoms with E-state index in [1.165, 1.54) is 0 Å². The lowest BCUT2D eigenvalue weighted by Gasteiger charge is -2.13. The van der Waals surface area contributed by atoms with Crippen LogP contribution in [0, 0.1) is 13.8 Å². The molecule has 1 aliphatic heterocycles. The smallest absolute Gasteiger partial charge is 0.293 e. The summed E-state index contributed by atoms with van der Waals surface area (Å²) >= 11 is 0.886. The molecule has 3 amide bonds. The number of imide groups is 1. The van der Waals surface area contributed by atoms with Crippen molar-refractivity contribution < 1.29 is 14.4 Å². The Morgan fingerprint density at radius 2 is 1.91 bits per heavy atom. The summed E-state index contributed by atoms with van der Waals surface area (Å²) in [5, 5.41) is 6.97. The van der Waals surface area contributed by atoms with Crippen LogP contribution in [0.1, 0.15) is 32.9 Å². The molecule has 0 radical (unpaired) electrons. The maximum atomic E-state index is 12.8. The first-order chi connectivity index (χ1) is 15.9. The fourth-order valence-corrected chi connectivity index (χ4v) is 4.48. The van der Waals surface area contributed by atoms with Crippen LogP contribution in [0.5, 0.6) is 0 Å². The molecule has 1 aliphatic rings. The molecule has 0 aliphatic carbocycles. The van der Waals surface area contributed by atoms with E-state index in [1.54, 1.807) is 36.1 Å². The molecule has 3 heterocycles. The van der Waals surface area contributed by atoms with Crippen LogP contribution in [-0.2, 0) is 11.3 Å². The van der Waals surface area contributed by atoms with E-state index in [2.05, 4.69) is 15.4 Å². The molecule has 0 unspecified atom stereocenters. The van der Waals surface area contributed by atoms with Crippen LogP contribution in [0.15, 0.2) is 59.8 Å². The molecule has 33 heavy (non-hydrogen) atoms. The second-order valence-corrected chi connectivity index (χ2v) is 8.56. The predicted octanol–water partition coefficient (Wildman–Crippen LogP) is 3.41. The average molecular weight is 462 g/mol. The third-order valence-corrected chi connectivity index (χ3v) is 6.17. The van der Waals surface area contributed by atoms with Gasteiger partial charge in [-0.3, -0.25) is 28.9 Å². The Balaban J connectivity index is 1.37. The monoisotopic (exact) mass is 461 g/mol. The van der Waals surface area contributed by atoms with Crippen LogP contribution in [0.2, 0.25) is 0 Å². The van der Waals surface area contributed by atoms with Gasteiger partial charge in [0.1, 0.15) is 0 Å². The molecule has 2 aromatic heterocycles. The van der Waals surface area contributed by atoms with Gasteiger partial charge in [0.05, 0.1) is 22.7 Å². The molecule has 0 atom stereocenters. The molecular formula is C24H23N5O3S. The zero-order valence-corrected chi connectivity index (χ0v) is 19.1. The van der Waals surface area contributed by atoms with E-state index in [9.17, 15) is 14.4 Å². The first-order valence-electron chi connectivity index (χ1n) is 10.5. The molecule has 1 fully saturated rings. The van der Waals surface area contributed by atoms with Crippen molar-refractivity contribution in [3.63, 3.8) is 0 Å². The lowest BCUT2D eigenvalue weighted by atomic mass is 10.1. The number of aromatic nitrogens is 3. The minimum Gasteiger partial charge on any atom is -0.350 e. The highest BCUT2D eigenvalue weighted by atomic mass is 32.2. The maximum absolute atomic E-state index is 12.8. The van der Waals surface area contributed by atoms with Crippen LogP contribution in [0.25, 0.3) is 6.08 Å². The minimum atomic E-state index is -0.369. The second-order valence-electron chi connectivity index (χ2n) is 7.56. The number of nitrogens with zero attached hydrogens (tertiary/aromatic N) is 4. The van der Waals surface area contributed by atoms with Crippen LogP contribution in [0.4, 0.5) is 4.79 Å². The highest BCUT2D eigenvalue weighted by Crippen LogP contribution is 2.31. The zero-order chi connectivity index (χ0) is 23.4. The first-order valence-corrected chi connectivity index (χ1v) is 11.3. The van der Waals surface area contributed by atoms with E-state index in [4.69, 9.17) is 0 Å². The highest BCUT2D eigenvalue weighted by molar-refractivity contribution is 8.18. The van der Waals surface area contributed by atoms with Gasteiger partial charge in [-0.1, -0.05) is 36.4 Å². The van der Waals surface area contributed by atoms with Gasteiger partial charge in [-0.25, -0.2) is 0 Å². The Kier molecular flexibility index (Phi) is 6.69. The number of benzene rings is 1. The number of hydrogen-bond acceptors (Lipinski definition) is 6. The van der Waals surface area contributed by atoms with Crippen LogP contribution in [0.3, 0.4) is 0 Å². The Morgan fingerprint density at radius 3 is 2.64 bits per heavy atom. The zero-order valence-electron chi connectivity index (χ0n) is 18.3. The molecule has 0 bridgehead atoms. The van der Waals surface area contributed by atoms with Gasteiger partial charge in [0, 0.05) is 31.2 Å². The SMILES string of the molecule is Cc1nn(Cc2ccccc2)c(C)c1C(=O)NCCN1C(=O)S/C(=C/c2cccnc2)C1=O. The molecule has 3 aromatic rings. The minimum absolute atomic E-state index is 0.0943. The third kappa shape index (κ3) is 5.04. The van der Waals surface area contributed by atoms with Crippen molar-refractivity contribution in [2.24, 2.45) is 0 Å². The fourth-order valence-electron chi connectivity index (χ4n) is 3.61. The van der Waals surface area contributed by atoms with Crippen LogP contribution in [-0.4, -0.2) is 49.8 Å². The molecule has 1 aromatic carbocycles. The number of rotatable bonds is 7. The fraction of sp³-hybridized carbons (Fsp3) is 0.208. The van der Waals surface area contributed by atoms with Gasteiger partial charge >= 0.3 is 0 Å². The van der Waals surface area contributed by atoms with E-state index in [0.29, 0.717) is 22.7 Å². The molecule has 1 N–H and O–H groups in total. The molecule has 0 spiro atoms. The van der Waals surface area contributed by atoms with Gasteiger partial charge in [0.25, 0.3) is 17.1 Å². The number of aryl methyl sites for hydroxylation is 1. The van der Waals surface area contributed by atoms with Crippen molar-refractivity contribution in [1.29, 1.82) is 0 Å². The van der Waals surface area contributed by atoms with Gasteiger partial charge in [0.2, 0.25) is 0 Å². The van der Waals surface area contributed by atoms with E-state index < -0.39 is 0 Å². The van der Waals surface area contributed by atoms with E-state index in [-0.39, 0.29) is 30.1 Å². The van der Waals surface area contributed by atoms with Crippen molar-refractivity contribution in [3.05, 3.63) is 87.8 Å². The lowest BCUT2D eigenvalue weighted by Crippen LogP contribution is -2.37. The normalized spacial score (nSPS) is 14.8. The standard InChI is InChI=1S/C24H23N5O3S/c1-16-21(17(2)29(27-16)15-18-7-4-3-5-8-18)22(30)26-11-12-28-23(31)20(33-24(28)32)13-19-9-6-10-25-14-19/h3-10,13-14H,11-12,15H2,1-2H3,(H,26,30)/b20-13+. The maximum Gasteiger partial charge on any atom is 0.293 e. The number of amides is 3. The number of pyridine rings is 1. The van der Waals surface area contributed by atoms with Gasteiger partial charge in [-0.2, -0.15) is 5.10 Å². The number of carbonyl (C=O) groups is 3. The summed E-state index contributed by atoms with van der Waals surface area (Å²) in [6.07, 6.45) is 4.90. The summed E-state index contributed by atoms with van der Waals surface area (Å²) in [5.74, 6) is -0.645. The van der Waals surface area contributed by atoms with Crippen LogP contribution < -0.4 is 5.32 Å². The largest absolute Gasteiger partial charge is 0.350 e. The topological polar surface area (TPSA) is 97.2 Å². The summed E-state index contributed by atoms with van der Waals surface area (Å²) in [5.41, 5.74) is 3.74. The summed E-state index contributed by atoms with van der Waals surface area (Å²) in [7, 11) is 0. The van der Waals surface area contributed by atoms with E-state index in [1.807, 2.05) is 43.3 Å².